The van der Waals surface area contributed by atoms with Gasteiger partial charge in [0.1, 0.15) is 12.5 Å². The van der Waals surface area contributed by atoms with Gasteiger partial charge in [-0.05, 0) is 0 Å². The van der Waals surface area contributed by atoms with Crippen LogP contribution < -0.4 is 0 Å². The Labute approximate surface area is 96.8 Å². The molecule has 2 atom stereocenters. The summed E-state index contributed by atoms with van der Waals surface area (Å²) in [6, 6.07) is 0. The largest absolute Gasteiger partial charge is 0.500 e. The van der Waals surface area contributed by atoms with E-state index in [0.29, 0.717) is 12.9 Å². The highest BCUT2D eigenvalue weighted by Crippen LogP contribution is 2.33. The Hall–Kier alpha value is -2.17. The molecule has 1 aliphatic heterocycles. The Morgan fingerprint density at radius 1 is 1.47 bits per heavy atom. The van der Waals surface area contributed by atoms with Crippen molar-refractivity contribution in [3.63, 3.8) is 0 Å². The van der Waals surface area contributed by atoms with Crippen molar-refractivity contribution in [1.82, 2.24) is 4.98 Å². The minimum atomic E-state index is -0.521. The molecule has 0 amide bonds. The predicted molar refractivity (Wildman–Crippen MR) is 56.3 cm³/mol. The molecule has 2 unspecified atom stereocenters. The van der Waals surface area contributed by atoms with Gasteiger partial charge in [0.05, 0.1) is 18.4 Å². The molecule has 2 heterocycles. The van der Waals surface area contributed by atoms with Gasteiger partial charge in [0.25, 0.3) is 0 Å². The fourth-order valence-corrected chi connectivity index (χ4v) is 2.04. The Bertz CT molecular complexity index is 540. The molecule has 0 bridgehead atoms. The first-order valence-corrected chi connectivity index (χ1v) is 5.24. The first-order chi connectivity index (χ1) is 8.29. The molecule has 1 aromatic rings. The van der Waals surface area contributed by atoms with Gasteiger partial charge in [-0.25, -0.2) is 4.98 Å². The summed E-state index contributed by atoms with van der Waals surface area (Å²) in [5.74, 6) is -0.371. The Kier molecular flexibility index (Phi) is 2.18. The lowest BCUT2D eigenvalue weighted by Crippen LogP contribution is -2.26. The number of carbonyl (C=O) groups is 2. The van der Waals surface area contributed by atoms with Crippen LogP contribution in [0.4, 0.5) is 0 Å². The summed E-state index contributed by atoms with van der Waals surface area (Å²) in [4.78, 5) is 26.6. The lowest BCUT2D eigenvalue weighted by molar-refractivity contribution is -0.123. The van der Waals surface area contributed by atoms with E-state index in [1.54, 1.807) is 12.3 Å². The van der Waals surface area contributed by atoms with Crippen molar-refractivity contribution in [3.8, 4) is 0 Å². The van der Waals surface area contributed by atoms with E-state index in [1.165, 1.54) is 6.20 Å². The maximum atomic E-state index is 12.1. The smallest absolute Gasteiger partial charge is 0.209 e. The van der Waals surface area contributed by atoms with E-state index in [4.69, 9.17) is 9.15 Å². The van der Waals surface area contributed by atoms with Crippen LogP contribution in [0.2, 0.25) is 0 Å². The second-order valence-electron chi connectivity index (χ2n) is 3.96. The van der Waals surface area contributed by atoms with Gasteiger partial charge in [0, 0.05) is 5.57 Å². The van der Waals surface area contributed by atoms with E-state index >= 15 is 0 Å². The molecule has 0 radical (unpaired) electrons. The van der Waals surface area contributed by atoms with Gasteiger partial charge < -0.3 is 9.15 Å². The van der Waals surface area contributed by atoms with Gasteiger partial charge in [-0.1, -0.05) is 12.2 Å². The number of aldehydes is 1. The third-order valence-corrected chi connectivity index (χ3v) is 2.94. The highest BCUT2D eigenvalue weighted by Gasteiger charge is 2.37. The second kappa shape index (κ2) is 3.69. The van der Waals surface area contributed by atoms with Crippen molar-refractivity contribution in [1.29, 1.82) is 0 Å². The number of rotatable bonds is 2. The summed E-state index contributed by atoms with van der Waals surface area (Å²) in [6.45, 7) is 0.371. The Morgan fingerprint density at radius 3 is 3.12 bits per heavy atom. The zero-order valence-corrected chi connectivity index (χ0v) is 8.83. The van der Waals surface area contributed by atoms with Gasteiger partial charge in [-0.2, -0.15) is 0 Å². The summed E-state index contributed by atoms with van der Waals surface area (Å²) >= 11 is 0. The molecule has 0 saturated carbocycles. The van der Waals surface area contributed by atoms with Crippen molar-refractivity contribution in [2.75, 3.05) is 6.61 Å². The standard InChI is InChI=1S/C12H9NO4/c14-4-8-3-13-12(17-8)9-2-1-7-5-16-6-10(7)11(9)15/h1-5,9-10H,6H2. The summed E-state index contributed by atoms with van der Waals surface area (Å²) in [5, 5.41) is 0. The number of ketones is 1. The third-order valence-electron chi connectivity index (χ3n) is 2.94. The normalized spacial score (nSPS) is 26.4. The average Bonchev–Trinajstić information content (AvgIpc) is 2.97. The Balaban J connectivity index is 1.94. The number of allylic oxidation sites excluding steroid dienone is 2. The summed E-state index contributed by atoms with van der Waals surface area (Å²) in [5.41, 5.74) is 0.883. The van der Waals surface area contributed by atoms with Crippen LogP contribution in [0.5, 0.6) is 0 Å². The van der Waals surface area contributed by atoms with E-state index in [1.807, 2.05) is 6.08 Å². The fourth-order valence-electron chi connectivity index (χ4n) is 2.04. The van der Waals surface area contributed by atoms with Crippen molar-refractivity contribution >= 4 is 12.1 Å². The number of aromatic nitrogens is 1. The number of hydrogen-bond donors (Lipinski definition) is 0. The quantitative estimate of drug-likeness (QED) is 0.716. The number of carbonyl (C=O) groups excluding carboxylic acids is 2. The van der Waals surface area contributed by atoms with Crippen LogP contribution >= 0.6 is 0 Å². The topological polar surface area (TPSA) is 69.4 Å². The summed E-state index contributed by atoms with van der Waals surface area (Å²) < 4.78 is 10.3. The van der Waals surface area contributed by atoms with Crippen LogP contribution in [-0.2, 0) is 9.53 Å². The van der Waals surface area contributed by atoms with Gasteiger partial charge >= 0.3 is 0 Å². The lowest BCUT2D eigenvalue weighted by Gasteiger charge is -2.18. The zero-order chi connectivity index (χ0) is 11.8. The van der Waals surface area contributed by atoms with E-state index in [0.717, 1.165) is 5.57 Å². The molecule has 1 aromatic heterocycles. The van der Waals surface area contributed by atoms with E-state index in [2.05, 4.69) is 4.98 Å². The van der Waals surface area contributed by atoms with Crippen LogP contribution in [0, 0.1) is 5.92 Å². The number of Topliss-reactive ketones (excluding diaryl/α,β-unsaturated/α-hetero) is 1. The van der Waals surface area contributed by atoms with E-state index in [9.17, 15) is 9.59 Å². The molecular formula is C12H9NO4. The average molecular weight is 231 g/mol. The fraction of sp³-hybridized carbons (Fsp3) is 0.250. The number of hydrogen-bond acceptors (Lipinski definition) is 5. The molecule has 17 heavy (non-hydrogen) atoms. The molecule has 0 saturated heterocycles. The van der Waals surface area contributed by atoms with Crippen LogP contribution in [0.15, 0.2) is 34.6 Å². The van der Waals surface area contributed by atoms with Gasteiger partial charge in [-0.15, -0.1) is 0 Å². The van der Waals surface area contributed by atoms with Crippen molar-refractivity contribution in [2.45, 2.75) is 5.92 Å². The maximum Gasteiger partial charge on any atom is 0.209 e. The first kappa shape index (κ1) is 10.0. The molecule has 86 valence electrons. The molecule has 0 aromatic carbocycles. The molecule has 0 fully saturated rings. The Morgan fingerprint density at radius 2 is 2.35 bits per heavy atom. The SMILES string of the molecule is O=Cc1cnc(C2C=CC3=COCC3C2=O)o1. The van der Waals surface area contributed by atoms with E-state index < -0.39 is 5.92 Å². The van der Waals surface area contributed by atoms with Crippen molar-refractivity contribution in [3.05, 3.63) is 41.8 Å². The van der Waals surface area contributed by atoms with Crippen LogP contribution in [0.1, 0.15) is 22.4 Å². The molecular weight excluding hydrogens is 222 g/mol. The van der Waals surface area contributed by atoms with Gasteiger partial charge in [-0.3, -0.25) is 9.59 Å². The molecule has 0 spiro atoms. The second-order valence-corrected chi connectivity index (χ2v) is 3.96. The molecule has 1 aliphatic carbocycles. The number of ether oxygens (including phenoxy) is 1. The van der Waals surface area contributed by atoms with Gasteiger partial charge in [0.15, 0.2) is 17.8 Å². The zero-order valence-electron chi connectivity index (χ0n) is 8.83. The number of nitrogens with zero attached hydrogens (tertiary/aromatic N) is 1. The number of oxazole rings is 1. The van der Waals surface area contributed by atoms with Crippen molar-refractivity contribution in [2.24, 2.45) is 5.92 Å². The van der Waals surface area contributed by atoms with E-state index in [-0.39, 0.29) is 23.4 Å². The predicted octanol–water partition coefficient (Wildman–Crippen LogP) is 1.24. The van der Waals surface area contributed by atoms with Crippen LogP contribution in [0.25, 0.3) is 0 Å². The van der Waals surface area contributed by atoms with Crippen LogP contribution in [0.3, 0.4) is 0 Å². The first-order valence-electron chi connectivity index (χ1n) is 5.24. The molecule has 5 heteroatoms. The number of fused-ring (bicyclic) bond motifs is 1. The maximum absolute atomic E-state index is 12.1. The monoisotopic (exact) mass is 231 g/mol. The lowest BCUT2D eigenvalue weighted by atomic mass is 9.83. The molecule has 2 aliphatic rings. The van der Waals surface area contributed by atoms with Gasteiger partial charge in [0.2, 0.25) is 5.89 Å². The van der Waals surface area contributed by atoms with Crippen LogP contribution in [-0.4, -0.2) is 23.7 Å². The minimum Gasteiger partial charge on any atom is -0.500 e. The highest BCUT2D eigenvalue weighted by molar-refractivity contribution is 5.93. The summed E-state index contributed by atoms with van der Waals surface area (Å²) in [6.07, 6.45) is 7.05. The summed E-state index contributed by atoms with van der Waals surface area (Å²) in [7, 11) is 0. The molecule has 3 rings (SSSR count). The minimum absolute atomic E-state index is 0.00412. The third kappa shape index (κ3) is 1.51. The highest BCUT2D eigenvalue weighted by atomic mass is 16.5. The van der Waals surface area contributed by atoms with Crippen molar-refractivity contribution < 1.29 is 18.7 Å². The molecule has 0 N–H and O–H groups in total. The molecule has 5 nitrogen and oxygen atoms in total.